The summed E-state index contributed by atoms with van der Waals surface area (Å²) in [6.45, 7) is 3.49. The predicted molar refractivity (Wildman–Crippen MR) is 78.2 cm³/mol. The highest BCUT2D eigenvalue weighted by Gasteiger charge is 2.29. The molecule has 1 saturated heterocycles. The van der Waals surface area contributed by atoms with E-state index in [-0.39, 0.29) is 10.9 Å². The zero-order chi connectivity index (χ0) is 15.6. The minimum absolute atomic E-state index is 0.191. The van der Waals surface area contributed by atoms with Crippen LogP contribution >= 0.6 is 0 Å². The van der Waals surface area contributed by atoms with Crippen LogP contribution < -0.4 is 10.6 Å². The lowest BCUT2D eigenvalue weighted by Gasteiger charge is -2.41. The Labute approximate surface area is 123 Å². The van der Waals surface area contributed by atoms with Gasteiger partial charge in [-0.2, -0.15) is 8.78 Å². The molecule has 2 N–H and O–H groups in total. The summed E-state index contributed by atoms with van der Waals surface area (Å²) in [6.07, 6.45) is 2.14. The van der Waals surface area contributed by atoms with Crippen LogP contribution in [0.1, 0.15) is 19.8 Å². The van der Waals surface area contributed by atoms with E-state index >= 15 is 0 Å². The lowest BCUT2D eigenvalue weighted by molar-refractivity contribution is 0.234. The number of piperidine rings is 1. The Hall–Kier alpha value is -1.21. The Morgan fingerprint density at radius 2 is 1.95 bits per heavy atom. The highest BCUT2D eigenvalue weighted by atomic mass is 32.2. The average molecular weight is 318 g/mol. The van der Waals surface area contributed by atoms with Gasteiger partial charge in [-0.3, -0.25) is 0 Å². The number of alkyl halides is 2. The first-order chi connectivity index (χ1) is 9.87. The van der Waals surface area contributed by atoms with Gasteiger partial charge in [0.25, 0.3) is 0 Å². The Morgan fingerprint density at radius 3 is 2.48 bits per heavy atom. The standard InChI is InChI=1S/C14H20F2N2O2S/c1-10-3-2-8-18(13(10)9-17)11-4-6-12(7-5-11)21(19,20)14(15)16/h4-7,10,13-14H,2-3,8-9,17H2,1H3. The molecule has 2 unspecified atom stereocenters. The van der Waals surface area contributed by atoms with Crippen LogP contribution in [0.5, 0.6) is 0 Å². The molecule has 1 aromatic rings. The average Bonchev–Trinajstić information content (AvgIpc) is 2.47. The van der Waals surface area contributed by atoms with E-state index < -0.39 is 15.6 Å². The van der Waals surface area contributed by atoms with Crippen LogP contribution in [-0.2, 0) is 9.84 Å². The summed E-state index contributed by atoms with van der Waals surface area (Å²) in [5, 5.41) is 0. The number of benzene rings is 1. The summed E-state index contributed by atoms with van der Waals surface area (Å²) in [4.78, 5) is 1.78. The number of hydrogen-bond acceptors (Lipinski definition) is 4. The third-order valence-corrected chi connectivity index (χ3v) is 5.49. The summed E-state index contributed by atoms with van der Waals surface area (Å²) >= 11 is 0. The molecule has 0 saturated carbocycles. The molecule has 2 rings (SSSR count). The smallest absolute Gasteiger partial charge is 0.341 e. The Balaban J connectivity index is 2.26. The number of halogens is 2. The van der Waals surface area contributed by atoms with E-state index in [0.717, 1.165) is 25.1 Å². The van der Waals surface area contributed by atoms with Gasteiger partial charge in [-0.05, 0) is 43.0 Å². The molecule has 21 heavy (non-hydrogen) atoms. The zero-order valence-electron chi connectivity index (χ0n) is 11.9. The van der Waals surface area contributed by atoms with E-state index in [1.165, 1.54) is 12.1 Å². The lowest BCUT2D eigenvalue weighted by Crippen LogP contribution is -2.48. The molecule has 1 heterocycles. The fraction of sp³-hybridized carbons (Fsp3) is 0.571. The van der Waals surface area contributed by atoms with Crippen molar-refractivity contribution in [3.8, 4) is 0 Å². The third-order valence-electron chi connectivity index (χ3n) is 4.09. The molecule has 1 aliphatic rings. The van der Waals surface area contributed by atoms with Gasteiger partial charge < -0.3 is 10.6 Å². The van der Waals surface area contributed by atoms with Crippen molar-refractivity contribution in [3.63, 3.8) is 0 Å². The number of sulfone groups is 1. The van der Waals surface area contributed by atoms with Crippen LogP contribution in [0.25, 0.3) is 0 Å². The summed E-state index contributed by atoms with van der Waals surface area (Å²) in [6, 6.07) is 5.83. The highest BCUT2D eigenvalue weighted by Crippen LogP contribution is 2.29. The molecule has 4 nitrogen and oxygen atoms in total. The van der Waals surface area contributed by atoms with E-state index in [9.17, 15) is 17.2 Å². The van der Waals surface area contributed by atoms with Gasteiger partial charge in [0, 0.05) is 24.8 Å². The van der Waals surface area contributed by atoms with Gasteiger partial charge in [0.2, 0.25) is 9.84 Å². The summed E-state index contributed by atoms with van der Waals surface area (Å²) in [5.41, 5.74) is 6.65. The van der Waals surface area contributed by atoms with E-state index in [2.05, 4.69) is 11.8 Å². The fourth-order valence-electron chi connectivity index (χ4n) is 2.86. The first-order valence-electron chi connectivity index (χ1n) is 6.96. The van der Waals surface area contributed by atoms with Crippen molar-refractivity contribution in [2.45, 2.75) is 36.5 Å². The first kappa shape index (κ1) is 16.2. The van der Waals surface area contributed by atoms with Crippen LogP contribution in [-0.4, -0.2) is 33.3 Å². The summed E-state index contributed by atoms with van der Waals surface area (Å²) in [5.74, 6) is -2.94. The van der Waals surface area contributed by atoms with Gasteiger partial charge in [0.15, 0.2) is 0 Å². The minimum atomic E-state index is -4.53. The van der Waals surface area contributed by atoms with Gasteiger partial charge in [-0.25, -0.2) is 8.42 Å². The normalized spacial score (nSPS) is 23.6. The summed E-state index contributed by atoms with van der Waals surface area (Å²) < 4.78 is 47.8. The Kier molecular flexibility index (Phi) is 4.83. The summed E-state index contributed by atoms with van der Waals surface area (Å²) in [7, 11) is -4.53. The maximum atomic E-state index is 12.5. The molecule has 0 aromatic heterocycles. The number of nitrogens with two attached hydrogens (primary N) is 1. The van der Waals surface area contributed by atoms with Crippen molar-refractivity contribution in [3.05, 3.63) is 24.3 Å². The molecule has 7 heteroatoms. The molecule has 0 amide bonds. The largest absolute Gasteiger partial charge is 0.367 e. The molecular formula is C14H20F2N2O2S. The number of anilines is 1. The zero-order valence-corrected chi connectivity index (χ0v) is 12.7. The van der Waals surface area contributed by atoms with Crippen molar-refractivity contribution in [2.24, 2.45) is 11.7 Å². The van der Waals surface area contributed by atoms with Crippen molar-refractivity contribution in [2.75, 3.05) is 18.0 Å². The number of hydrogen-bond donors (Lipinski definition) is 1. The monoisotopic (exact) mass is 318 g/mol. The van der Waals surface area contributed by atoms with Crippen molar-refractivity contribution >= 4 is 15.5 Å². The van der Waals surface area contributed by atoms with Crippen LogP contribution in [0.3, 0.4) is 0 Å². The molecule has 1 aliphatic heterocycles. The SMILES string of the molecule is CC1CCCN(c2ccc(S(=O)(=O)C(F)F)cc2)C1CN. The quantitative estimate of drug-likeness (QED) is 0.925. The predicted octanol–water partition coefficient (Wildman–Crippen LogP) is 2.25. The molecule has 2 atom stereocenters. The van der Waals surface area contributed by atoms with Crippen LogP contribution in [0.2, 0.25) is 0 Å². The molecular weight excluding hydrogens is 298 g/mol. The molecule has 0 spiro atoms. The van der Waals surface area contributed by atoms with Gasteiger partial charge >= 0.3 is 5.76 Å². The maximum Gasteiger partial charge on any atom is 0.341 e. The second kappa shape index (κ2) is 6.27. The van der Waals surface area contributed by atoms with Gasteiger partial charge in [-0.15, -0.1) is 0 Å². The molecule has 1 aromatic carbocycles. The molecule has 118 valence electrons. The van der Waals surface area contributed by atoms with Crippen LogP contribution in [0.4, 0.5) is 14.5 Å². The molecule has 0 bridgehead atoms. The van der Waals surface area contributed by atoms with Gasteiger partial charge in [-0.1, -0.05) is 6.92 Å². The fourth-order valence-corrected chi connectivity index (χ4v) is 3.58. The lowest BCUT2D eigenvalue weighted by atomic mass is 9.90. The van der Waals surface area contributed by atoms with E-state index in [1.807, 2.05) is 0 Å². The van der Waals surface area contributed by atoms with Gasteiger partial charge in [0.05, 0.1) is 4.90 Å². The third kappa shape index (κ3) is 3.18. The second-order valence-corrected chi connectivity index (χ2v) is 7.33. The van der Waals surface area contributed by atoms with Crippen LogP contribution in [0, 0.1) is 5.92 Å². The maximum absolute atomic E-state index is 12.5. The van der Waals surface area contributed by atoms with Gasteiger partial charge in [0.1, 0.15) is 0 Å². The van der Waals surface area contributed by atoms with Crippen LogP contribution in [0.15, 0.2) is 29.2 Å². The Morgan fingerprint density at radius 1 is 1.33 bits per heavy atom. The van der Waals surface area contributed by atoms with E-state index in [1.54, 1.807) is 12.1 Å². The van der Waals surface area contributed by atoms with Crippen molar-refractivity contribution < 1.29 is 17.2 Å². The molecule has 0 radical (unpaired) electrons. The molecule has 0 aliphatic carbocycles. The van der Waals surface area contributed by atoms with E-state index in [4.69, 9.17) is 5.73 Å². The molecule has 1 fully saturated rings. The minimum Gasteiger partial charge on any atom is -0.367 e. The number of rotatable bonds is 4. The second-order valence-electron chi connectivity index (χ2n) is 5.42. The topological polar surface area (TPSA) is 63.4 Å². The van der Waals surface area contributed by atoms with E-state index in [0.29, 0.717) is 12.5 Å². The first-order valence-corrected chi connectivity index (χ1v) is 8.51. The highest BCUT2D eigenvalue weighted by molar-refractivity contribution is 7.91. The van der Waals surface area contributed by atoms with Crippen molar-refractivity contribution in [1.29, 1.82) is 0 Å². The van der Waals surface area contributed by atoms with Crippen molar-refractivity contribution in [1.82, 2.24) is 0 Å². The number of nitrogens with zero attached hydrogens (tertiary/aromatic N) is 1. The Bertz CT molecular complexity index is 575.